The van der Waals surface area contributed by atoms with Gasteiger partial charge < -0.3 is 33.6 Å². The second-order valence-corrected chi connectivity index (χ2v) is 10.6. The van der Waals surface area contributed by atoms with Crippen LogP contribution in [0.5, 0.6) is 17.2 Å². The summed E-state index contributed by atoms with van der Waals surface area (Å²) in [4.78, 5) is 44.6. The van der Waals surface area contributed by atoms with E-state index in [-0.39, 0.29) is 36.7 Å². The van der Waals surface area contributed by atoms with Gasteiger partial charge in [-0.3, -0.25) is 14.4 Å². The summed E-state index contributed by atoms with van der Waals surface area (Å²) in [6, 6.07) is 11.4. The fourth-order valence-electron chi connectivity index (χ4n) is 5.88. The normalized spacial score (nSPS) is 19.7. The number of methoxy groups -OCH3 is 2. The van der Waals surface area contributed by atoms with Gasteiger partial charge in [-0.05, 0) is 60.2 Å². The first-order valence-corrected chi connectivity index (χ1v) is 14.4. The summed E-state index contributed by atoms with van der Waals surface area (Å²) in [5.41, 5.74) is 3.00. The van der Waals surface area contributed by atoms with Gasteiger partial charge in [-0.25, -0.2) is 0 Å². The average molecular weight is 566 g/mol. The van der Waals surface area contributed by atoms with Crippen molar-refractivity contribution in [2.75, 3.05) is 66.8 Å². The quantitative estimate of drug-likeness (QED) is 0.497. The molecular formula is C31H39N3O7. The smallest absolute Gasteiger partial charge is 0.242 e. The fraction of sp³-hybridized carbons (Fsp3) is 0.516. The molecule has 3 amide bonds. The SMILES string of the molecule is COc1cc2c(cc1OC)C1c3ccc(cc3)OCCOCCN(C(=O)CCCN3CCCC3=O)CC(=O)N1CC2. The van der Waals surface area contributed by atoms with Gasteiger partial charge in [0.25, 0.3) is 0 Å². The number of fused-ring (bicyclic) bond motifs is 11. The molecule has 4 aliphatic heterocycles. The predicted molar refractivity (Wildman–Crippen MR) is 151 cm³/mol. The molecular weight excluding hydrogens is 526 g/mol. The van der Waals surface area contributed by atoms with Gasteiger partial charge in [0, 0.05) is 39.0 Å². The van der Waals surface area contributed by atoms with Gasteiger partial charge in [0.2, 0.25) is 17.7 Å². The molecule has 0 aliphatic carbocycles. The van der Waals surface area contributed by atoms with Crippen molar-refractivity contribution in [1.29, 1.82) is 0 Å². The third kappa shape index (κ3) is 6.59. The lowest BCUT2D eigenvalue weighted by atomic mass is 9.87. The fourth-order valence-corrected chi connectivity index (χ4v) is 5.88. The van der Waals surface area contributed by atoms with Crippen LogP contribution in [-0.2, 0) is 25.5 Å². The molecule has 1 fully saturated rings. The van der Waals surface area contributed by atoms with Gasteiger partial charge in [0.15, 0.2) is 11.5 Å². The Morgan fingerprint density at radius 2 is 1.71 bits per heavy atom. The molecule has 2 bridgehead atoms. The van der Waals surface area contributed by atoms with Gasteiger partial charge in [-0.1, -0.05) is 12.1 Å². The Balaban J connectivity index is 1.40. The number of carbonyl (C=O) groups excluding carboxylic acids is 3. The van der Waals surface area contributed by atoms with Crippen LogP contribution in [0.2, 0.25) is 0 Å². The van der Waals surface area contributed by atoms with Crippen molar-refractivity contribution in [3.63, 3.8) is 0 Å². The van der Waals surface area contributed by atoms with Crippen LogP contribution in [0.4, 0.5) is 0 Å². The lowest BCUT2D eigenvalue weighted by molar-refractivity contribution is -0.142. The third-order valence-corrected chi connectivity index (χ3v) is 8.06. The van der Waals surface area contributed by atoms with Crippen molar-refractivity contribution < 1.29 is 33.3 Å². The third-order valence-electron chi connectivity index (χ3n) is 8.06. The summed E-state index contributed by atoms with van der Waals surface area (Å²) in [5.74, 6) is 1.88. The standard InChI is InChI=1S/C31H39N3O7/c1-38-26-19-23-11-14-34-30(37)21-33(29(36)6-4-13-32-12-3-5-28(32)35)15-16-40-17-18-41-24-9-7-22(8-10-24)31(34)25(23)20-27(26)39-2/h7-10,19-20,31H,3-6,11-18,21H2,1-2H3. The number of carbonyl (C=O) groups is 3. The van der Waals surface area contributed by atoms with Crippen LogP contribution in [0.3, 0.4) is 0 Å². The number of hydrogen-bond acceptors (Lipinski definition) is 7. The monoisotopic (exact) mass is 565 g/mol. The highest BCUT2D eigenvalue weighted by molar-refractivity contribution is 5.86. The van der Waals surface area contributed by atoms with Crippen LogP contribution in [0.15, 0.2) is 36.4 Å². The summed E-state index contributed by atoms with van der Waals surface area (Å²) in [7, 11) is 3.22. The summed E-state index contributed by atoms with van der Waals surface area (Å²) < 4.78 is 22.8. The summed E-state index contributed by atoms with van der Waals surface area (Å²) >= 11 is 0. The van der Waals surface area contributed by atoms with Gasteiger partial charge >= 0.3 is 0 Å². The molecule has 2 aromatic rings. The molecule has 10 heteroatoms. The Kier molecular flexibility index (Phi) is 9.28. The molecule has 220 valence electrons. The zero-order valence-corrected chi connectivity index (χ0v) is 23.9. The topological polar surface area (TPSA) is 97.9 Å². The van der Waals surface area contributed by atoms with Gasteiger partial charge in [0.1, 0.15) is 12.4 Å². The van der Waals surface area contributed by atoms with E-state index in [0.717, 1.165) is 35.4 Å². The van der Waals surface area contributed by atoms with Crippen molar-refractivity contribution >= 4 is 17.7 Å². The van der Waals surface area contributed by atoms with E-state index in [2.05, 4.69) is 0 Å². The molecule has 41 heavy (non-hydrogen) atoms. The molecule has 0 N–H and O–H groups in total. The summed E-state index contributed by atoms with van der Waals surface area (Å²) in [5, 5.41) is 0. The number of ether oxygens (including phenoxy) is 4. The molecule has 1 unspecified atom stereocenters. The first-order valence-electron chi connectivity index (χ1n) is 14.4. The number of nitrogens with zero attached hydrogens (tertiary/aromatic N) is 3. The minimum atomic E-state index is -0.361. The van der Waals surface area contributed by atoms with Crippen LogP contribution in [-0.4, -0.2) is 99.2 Å². The zero-order chi connectivity index (χ0) is 28.8. The second-order valence-electron chi connectivity index (χ2n) is 10.6. The molecule has 4 aliphatic rings. The Bertz CT molecular complexity index is 1250. The molecule has 0 spiro atoms. The lowest BCUT2D eigenvalue weighted by Gasteiger charge is -2.39. The van der Waals surface area contributed by atoms with E-state index in [9.17, 15) is 14.4 Å². The largest absolute Gasteiger partial charge is 0.493 e. The zero-order valence-electron chi connectivity index (χ0n) is 23.9. The predicted octanol–water partition coefficient (Wildman–Crippen LogP) is 2.82. The molecule has 10 nitrogen and oxygen atoms in total. The molecule has 1 atom stereocenters. The Morgan fingerprint density at radius 1 is 0.927 bits per heavy atom. The van der Waals surface area contributed by atoms with E-state index in [1.807, 2.05) is 46.2 Å². The molecule has 0 saturated carbocycles. The molecule has 4 heterocycles. The summed E-state index contributed by atoms with van der Waals surface area (Å²) in [6.07, 6.45) is 2.94. The van der Waals surface area contributed by atoms with Crippen molar-refractivity contribution in [1.82, 2.24) is 14.7 Å². The summed E-state index contributed by atoms with van der Waals surface area (Å²) in [6.45, 7) is 3.13. The Hall–Kier alpha value is -3.79. The lowest BCUT2D eigenvalue weighted by Crippen LogP contribution is -2.47. The molecule has 2 aromatic carbocycles. The average Bonchev–Trinajstić information content (AvgIpc) is 3.40. The van der Waals surface area contributed by atoms with Gasteiger partial charge in [0.05, 0.1) is 40.0 Å². The molecule has 1 saturated heterocycles. The van der Waals surface area contributed by atoms with E-state index >= 15 is 0 Å². The first-order chi connectivity index (χ1) is 20.0. The minimum Gasteiger partial charge on any atom is -0.493 e. The van der Waals surface area contributed by atoms with Crippen molar-refractivity contribution in [2.45, 2.75) is 38.1 Å². The minimum absolute atomic E-state index is 0.0431. The van der Waals surface area contributed by atoms with E-state index in [4.69, 9.17) is 18.9 Å². The van der Waals surface area contributed by atoms with Crippen LogP contribution >= 0.6 is 0 Å². The van der Waals surface area contributed by atoms with Crippen LogP contribution < -0.4 is 14.2 Å². The van der Waals surface area contributed by atoms with E-state index < -0.39 is 0 Å². The Morgan fingerprint density at radius 3 is 2.44 bits per heavy atom. The van der Waals surface area contributed by atoms with Crippen molar-refractivity contribution in [3.8, 4) is 17.2 Å². The maximum absolute atomic E-state index is 14.0. The van der Waals surface area contributed by atoms with Gasteiger partial charge in [-0.15, -0.1) is 0 Å². The highest BCUT2D eigenvalue weighted by Gasteiger charge is 2.34. The van der Waals surface area contributed by atoms with Crippen LogP contribution in [0, 0.1) is 0 Å². The van der Waals surface area contributed by atoms with Crippen molar-refractivity contribution in [2.24, 2.45) is 0 Å². The number of hydrogen-bond donors (Lipinski definition) is 0. The number of benzene rings is 2. The molecule has 0 aromatic heterocycles. The number of amides is 3. The van der Waals surface area contributed by atoms with E-state index in [1.165, 1.54) is 0 Å². The molecule has 0 radical (unpaired) electrons. The maximum atomic E-state index is 14.0. The van der Waals surface area contributed by atoms with Crippen LogP contribution in [0.25, 0.3) is 0 Å². The number of rotatable bonds is 6. The first kappa shape index (κ1) is 28.7. The highest BCUT2D eigenvalue weighted by Crippen LogP contribution is 2.41. The second kappa shape index (κ2) is 13.2. The maximum Gasteiger partial charge on any atom is 0.242 e. The van der Waals surface area contributed by atoms with E-state index in [0.29, 0.717) is 70.2 Å². The Labute approximate surface area is 241 Å². The van der Waals surface area contributed by atoms with Gasteiger partial charge in [-0.2, -0.15) is 0 Å². The molecule has 6 rings (SSSR count). The van der Waals surface area contributed by atoms with Crippen molar-refractivity contribution in [3.05, 3.63) is 53.1 Å². The highest BCUT2D eigenvalue weighted by atomic mass is 16.5. The number of likely N-dealkylation sites (tertiary alicyclic amines) is 1. The van der Waals surface area contributed by atoms with E-state index in [1.54, 1.807) is 19.1 Å². The van der Waals surface area contributed by atoms with Crippen LogP contribution in [0.1, 0.15) is 48.4 Å².